The number of anilines is 1. The Kier molecular flexibility index (Phi) is 7.42. The minimum Gasteiger partial charge on any atom is -0.464 e. The summed E-state index contributed by atoms with van der Waals surface area (Å²) in [5, 5.41) is 3.35. The largest absolute Gasteiger partial charge is 0.464 e. The van der Waals surface area contributed by atoms with Gasteiger partial charge in [-0.15, -0.1) is 0 Å². The van der Waals surface area contributed by atoms with Gasteiger partial charge < -0.3 is 9.73 Å². The van der Waals surface area contributed by atoms with E-state index in [9.17, 15) is 9.59 Å². The minimum absolute atomic E-state index is 0.0104. The maximum atomic E-state index is 12.1. The fourth-order valence-electron chi connectivity index (χ4n) is 3.35. The van der Waals surface area contributed by atoms with Crippen molar-refractivity contribution in [2.24, 2.45) is 0 Å². The number of aryl methyl sites for hydroxylation is 1. The van der Waals surface area contributed by atoms with Crippen LogP contribution in [0, 0.1) is 0 Å². The van der Waals surface area contributed by atoms with Crippen LogP contribution in [0.1, 0.15) is 50.5 Å². The zero-order valence-electron chi connectivity index (χ0n) is 16.2. The van der Waals surface area contributed by atoms with E-state index in [1.807, 2.05) is 0 Å². The Balaban J connectivity index is 1.29. The molecule has 0 fully saturated rings. The number of benzene rings is 2. The second kappa shape index (κ2) is 10.5. The van der Waals surface area contributed by atoms with Crippen molar-refractivity contribution < 1.29 is 9.21 Å². The smallest absolute Gasteiger partial charge is 0.224 e. The monoisotopic (exact) mass is 377 g/mol. The normalized spacial score (nSPS) is 10.9. The lowest BCUT2D eigenvalue weighted by molar-refractivity contribution is -0.116. The molecule has 0 saturated carbocycles. The van der Waals surface area contributed by atoms with Crippen molar-refractivity contribution in [3.8, 4) is 0 Å². The summed E-state index contributed by atoms with van der Waals surface area (Å²) in [6.45, 7) is 0. The summed E-state index contributed by atoms with van der Waals surface area (Å²) in [7, 11) is 0. The number of carbonyl (C=O) groups excluding carboxylic acids is 1. The van der Waals surface area contributed by atoms with E-state index < -0.39 is 0 Å². The number of nitrogens with one attached hydrogen (secondary N) is 1. The van der Waals surface area contributed by atoms with Crippen LogP contribution in [0.25, 0.3) is 11.0 Å². The first-order valence-electron chi connectivity index (χ1n) is 10.1. The van der Waals surface area contributed by atoms with Crippen LogP contribution in [-0.2, 0) is 11.2 Å². The lowest BCUT2D eigenvalue weighted by Crippen LogP contribution is -2.11. The molecular weight excluding hydrogens is 350 g/mol. The first-order chi connectivity index (χ1) is 13.7. The molecular formula is C24H27NO3. The van der Waals surface area contributed by atoms with Gasteiger partial charge in [0.15, 0.2) is 5.43 Å². The summed E-state index contributed by atoms with van der Waals surface area (Å²) >= 11 is 0. The fraction of sp³-hybridized carbons (Fsp3) is 0.333. The van der Waals surface area contributed by atoms with Crippen molar-refractivity contribution in [1.82, 2.24) is 0 Å². The molecule has 0 aliphatic heterocycles. The van der Waals surface area contributed by atoms with E-state index >= 15 is 0 Å². The molecule has 0 atom stereocenters. The summed E-state index contributed by atoms with van der Waals surface area (Å²) in [5.74, 6) is -0.0104. The van der Waals surface area contributed by atoms with E-state index in [0.717, 1.165) is 19.3 Å². The Morgan fingerprint density at radius 1 is 0.857 bits per heavy atom. The zero-order valence-corrected chi connectivity index (χ0v) is 16.2. The van der Waals surface area contributed by atoms with Crippen molar-refractivity contribution in [2.75, 3.05) is 5.32 Å². The standard InChI is InChI=1S/C24H27NO3/c26-22-16-17-28-23-15-14-20(18-21(22)23)25-24(27)13-9-4-2-1-3-6-10-19-11-7-5-8-12-19/h5,7-8,11-12,14-18H,1-4,6,9-10,13H2,(H,25,27). The zero-order chi connectivity index (χ0) is 19.6. The SMILES string of the molecule is O=C(CCCCCCCCc1ccccc1)Nc1ccc2occc(=O)c2c1. The maximum Gasteiger partial charge on any atom is 0.224 e. The third-order valence-electron chi connectivity index (χ3n) is 4.91. The Labute approximate surface area is 165 Å². The molecule has 28 heavy (non-hydrogen) atoms. The van der Waals surface area contributed by atoms with Gasteiger partial charge in [0.1, 0.15) is 5.58 Å². The Hall–Kier alpha value is -2.88. The first kappa shape index (κ1) is 19.9. The van der Waals surface area contributed by atoms with Gasteiger partial charge in [0.25, 0.3) is 0 Å². The molecule has 4 heteroatoms. The molecule has 1 amide bonds. The van der Waals surface area contributed by atoms with Crippen molar-refractivity contribution in [2.45, 2.75) is 51.4 Å². The van der Waals surface area contributed by atoms with Gasteiger partial charge in [0, 0.05) is 18.2 Å². The number of hydrogen-bond acceptors (Lipinski definition) is 3. The number of carbonyl (C=O) groups is 1. The number of unbranched alkanes of at least 4 members (excludes halogenated alkanes) is 5. The van der Waals surface area contributed by atoms with Crippen LogP contribution in [0.5, 0.6) is 0 Å². The van der Waals surface area contributed by atoms with Gasteiger partial charge in [0.05, 0.1) is 11.6 Å². The molecule has 1 N–H and O–H groups in total. The second-order valence-corrected chi connectivity index (χ2v) is 7.15. The lowest BCUT2D eigenvalue weighted by Gasteiger charge is -2.06. The molecule has 1 aromatic heterocycles. The number of rotatable bonds is 10. The third-order valence-corrected chi connectivity index (χ3v) is 4.91. The van der Waals surface area contributed by atoms with Gasteiger partial charge in [-0.2, -0.15) is 0 Å². The highest BCUT2D eigenvalue weighted by molar-refractivity contribution is 5.93. The van der Waals surface area contributed by atoms with Crippen LogP contribution in [-0.4, -0.2) is 5.91 Å². The van der Waals surface area contributed by atoms with Gasteiger partial charge in [-0.25, -0.2) is 0 Å². The molecule has 2 aromatic carbocycles. The van der Waals surface area contributed by atoms with Crippen molar-refractivity contribution in [3.05, 3.63) is 76.6 Å². The molecule has 0 saturated heterocycles. The Bertz CT molecular complexity index is 947. The van der Waals surface area contributed by atoms with Crippen LogP contribution in [0.4, 0.5) is 5.69 Å². The van der Waals surface area contributed by atoms with Gasteiger partial charge in [0.2, 0.25) is 5.91 Å². The van der Waals surface area contributed by atoms with Gasteiger partial charge in [-0.05, 0) is 43.0 Å². The van der Waals surface area contributed by atoms with E-state index in [1.54, 1.807) is 18.2 Å². The quantitative estimate of drug-likeness (QED) is 0.461. The van der Waals surface area contributed by atoms with Gasteiger partial charge >= 0.3 is 0 Å². The molecule has 0 aliphatic rings. The van der Waals surface area contributed by atoms with Gasteiger partial charge in [-0.1, -0.05) is 56.0 Å². The van der Waals surface area contributed by atoms with Crippen LogP contribution in [0.2, 0.25) is 0 Å². The van der Waals surface area contributed by atoms with Crippen molar-refractivity contribution in [3.63, 3.8) is 0 Å². The molecule has 0 aliphatic carbocycles. The summed E-state index contributed by atoms with van der Waals surface area (Å²) in [6, 6.07) is 17.1. The molecule has 146 valence electrons. The Morgan fingerprint density at radius 2 is 1.61 bits per heavy atom. The van der Waals surface area contributed by atoms with Crippen LogP contribution < -0.4 is 10.7 Å². The number of fused-ring (bicyclic) bond motifs is 1. The molecule has 1 heterocycles. The third kappa shape index (κ3) is 6.08. The first-order valence-corrected chi connectivity index (χ1v) is 10.1. The van der Waals surface area contributed by atoms with Crippen LogP contribution >= 0.6 is 0 Å². The molecule has 0 unspecified atom stereocenters. The highest BCUT2D eigenvalue weighted by Gasteiger charge is 2.05. The average Bonchev–Trinajstić information content (AvgIpc) is 2.71. The van der Waals surface area contributed by atoms with E-state index in [4.69, 9.17) is 4.42 Å². The van der Waals surface area contributed by atoms with Crippen molar-refractivity contribution in [1.29, 1.82) is 0 Å². The van der Waals surface area contributed by atoms with Crippen LogP contribution in [0.15, 0.2) is 70.1 Å². The minimum atomic E-state index is -0.107. The summed E-state index contributed by atoms with van der Waals surface area (Å²) in [4.78, 5) is 24.0. The molecule has 0 bridgehead atoms. The average molecular weight is 377 g/mol. The number of hydrogen-bond donors (Lipinski definition) is 1. The highest BCUT2D eigenvalue weighted by Crippen LogP contribution is 2.17. The van der Waals surface area contributed by atoms with E-state index in [-0.39, 0.29) is 11.3 Å². The second-order valence-electron chi connectivity index (χ2n) is 7.15. The molecule has 4 nitrogen and oxygen atoms in total. The summed E-state index contributed by atoms with van der Waals surface area (Å²) in [6.07, 6.45) is 9.83. The van der Waals surface area contributed by atoms with E-state index in [1.165, 1.54) is 43.6 Å². The van der Waals surface area contributed by atoms with E-state index in [2.05, 4.69) is 35.6 Å². The topological polar surface area (TPSA) is 59.3 Å². The molecule has 0 radical (unpaired) electrons. The van der Waals surface area contributed by atoms with Crippen molar-refractivity contribution >= 4 is 22.6 Å². The molecule has 0 spiro atoms. The molecule has 3 rings (SSSR count). The fourth-order valence-corrected chi connectivity index (χ4v) is 3.35. The van der Waals surface area contributed by atoms with Gasteiger partial charge in [-0.3, -0.25) is 9.59 Å². The predicted molar refractivity (Wildman–Crippen MR) is 114 cm³/mol. The maximum absolute atomic E-state index is 12.1. The predicted octanol–water partition coefficient (Wildman–Crippen LogP) is 5.70. The van der Waals surface area contributed by atoms with E-state index in [0.29, 0.717) is 23.1 Å². The summed E-state index contributed by atoms with van der Waals surface area (Å²) < 4.78 is 5.28. The lowest BCUT2D eigenvalue weighted by atomic mass is 10.0. The Morgan fingerprint density at radius 3 is 2.43 bits per heavy atom. The number of amides is 1. The van der Waals surface area contributed by atoms with Crippen LogP contribution in [0.3, 0.4) is 0 Å². The summed E-state index contributed by atoms with van der Waals surface area (Å²) in [5.41, 5.74) is 2.46. The highest BCUT2D eigenvalue weighted by atomic mass is 16.3. The molecule has 3 aromatic rings.